The zero-order valence-electron chi connectivity index (χ0n) is 16.6. The molecule has 2 N–H and O–H groups in total. The van der Waals surface area contributed by atoms with Crippen molar-refractivity contribution in [2.75, 3.05) is 6.61 Å². The van der Waals surface area contributed by atoms with E-state index in [-0.39, 0.29) is 18.9 Å². The lowest BCUT2D eigenvalue weighted by atomic mass is 9.81. The molecule has 154 valence electrons. The fraction of sp³-hybridized carbons (Fsp3) is 0.375. The van der Waals surface area contributed by atoms with Crippen LogP contribution in [0.4, 0.5) is 4.79 Å². The Morgan fingerprint density at radius 1 is 1.10 bits per heavy atom. The fourth-order valence-corrected chi connectivity index (χ4v) is 4.79. The van der Waals surface area contributed by atoms with Gasteiger partial charge in [-0.05, 0) is 41.5 Å². The number of nitrogens with one attached hydrogen (secondary N) is 1. The normalized spacial score (nSPS) is 17.4. The molecule has 1 unspecified atom stereocenters. The van der Waals surface area contributed by atoms with Crippen LogP contribution in [-0.2, 0) is 9.53 Å². The summed E-state index contributed by atoms with van der Waals surface area (Å²) in [6.07, 6.45) is 2.48. The number of fused-ring (bicyclic) bond motifs is 3. The molecule has 0 spiro atoms. The Kier molecular flexibility index (Phi) is 5.45. The van der Waals surface area contributed by atoms with Gasteiger partial charge in [0.2, 0.25) is 0 Å². The van der Waals surface area contributed by atoms with E-state index in [0.717, 1.165) is 35.1 Å². The average molecular weight is 404 g/mol. The van der Waals surface area contributed by atoms with Crippen LogP contribution < -0.4 is 5.32 Å². The minimum Gasteiger partial charge on any atom is -0.480 e. The monoisotopic (exact) mass is 404 g/mol. The number of hydrogen-bond acceptors (Lipinski definition) is 4. The maximum absolute atomic E-state index is 12.4. The summed E-state index contributed by atoms with van der Waals surface area (Å²) in [6, 6.07) is 17.2. The SMILES string of the molecule is N#CC1(CC(NC(=O)OCC2c3ccccc3-c3ccccc32)C(=O)O)CCCC1. The van der Waals surface area contributed by atoms with E-state index in [1.165, 1.54) is 0 Å². The third-order valence-electron chi connectivity index (χ3n) is 6.33. The van der Waals surface area contributed by atoms with Crippen molar-refractivity contribution >= 4 is 12.1 Å². The zero-order valence-corrected chi connectivity index (χ0v) is 16.6. The average Bonchev–Trinajstić information content (AvgIpc) is 3.35. The van der Waals surface area contributed by atoms with Crippen molar-refractivity contribution in [1.29, 1.82) is 5.26 Å². The summed E-state index contributed by atoms with van der Waals surface area (Å²) in [5.74, 6) is -1.24. The number of carbonyl (C=O) groups is 2. The Morgan fingerprint density at radius 2 is 1.67 bits per heavy atom. The molecule has 4 rings (SSSR count). The van der Waals surface area contributed by atoms with Crippen molar-refractivity contribution in [2.45, 2.75) is 44.1 Å². The Bertz CT molecular complexity index is 959. The maximum atomic E-state index is 12.4. The van der Waals surface area contributed by atoms with E-state index in [2.05, 4.69) is 23.5 Å². The molecule has 1 atom stereocenters. The van der Waals surface area contributed by atoms with Crippen LogP contribution in [-0.4, -0.2) is 29.8 Å². The number of carbonyl (C=O) groups excluding carboxylic acids is 1. The molecule has 1 amide bonds. The number of alkyl carbamates (subject to hydrolysis) is 1. The lowest BCUT2D eigenvalue weighted by Gasteiger charge is -2.25. The number of nitrogens with zero attached hydrogens (tertiary/aromatic N) is 1. The van der Waals surface area contributed by atoms with Crippen molar-refractivity contribution < 1.29 is 19.4 Å². The van der Waals surface area contributed by atoms with E-state index in [1.54, 1.807) is 0 Å². The number of carboxylic acid groups (broad SMARTS) is 1. The highest BCUT2D eigenvalue weighted by Gasteiger charge is 2.39. The van der Waals surface area contributed by atoms with Gasteiger partial charge in [-0.25, -0.2) is 9.59 Å². The summed E-state index contributed by atoms with van der Waals surface area (Å²) < 4.78 is 5.46. The number of carboxylic acids is 1. The van der Waals surface area contributed by atoms with Gasteiger partial charge < -0.3 is 15.2 Å². The molecule has 6 heteroatoms. The summed E-state index contributed by atoms with van der Waals surface area (Å²) >= 11 is 0. The molecule has 6 nitrogen and oxygen atoms in total. The van der Waals surface area contributed by atoms with E-state index in [1.807, 2.05) is 36.4 Å². The second-order valence-electron chi connectivity index (χ2n) is 8.16. The molecule has 0 bridgehead atoms. The smallest absolute Gasteiger partial charge is 0.407 e. The molecule has 1 saturated carbocycles. The molecular weight excluding hydrogens is 380 g/mol. The number of aliphatic carboxylic acids is 1. The van der Waals surface area contributed by atoms with Gasteiger partial charge in [-0.3, -0.25) is 0 Å². The Labute approximate surface area is 175 Å². The minimum absolute atomic E-state index is 0.0910. The van der Waals surface area contributed by atoms with Crippen LogP contribution in [0.2, 0.25) is 0 Å². The molecule has 0 heterocycles. The van der Waals surface area contributed by atoms with Crippen LogP contribution in [0, 0.1) is 16.7 Å². The van der Waals surface area contributed by atoms with Gasteiger partial charge in [-0.15, -0.1) is 0 Å². The highest BCUT2D eigenvalue weighted by atomic mass is 16.5. The number of benzene rings is 2. The van der Waals surface area contributed by atoms with Crippen LogP contribution in [0.15, 0.2) is 48.5 Å². The second-order valence-corrected chi connectivity index (χ2v) is 8.16. The first kappa shape index (κ1) is 20.0. The molecule has 2 aromatic rings. The van der Waals surface area contributed by atoms with Gasteiger partial charge in [0.05, 0.1) is 11.5 Å². The fourth-order valence-electron chi connectivity index (χ4n) is 4.79. The van der Waals surface area contributed by atoms with Crippen LogP contribution in [0.1, 0.15) is 49.1 Å². The molecule has 30 heavy (non-hydrogen) atoms. The van der Waals surface area contributed by atoms with Crippen LogP contribution in [0.25, 0.3) is 11.1 Å². The maximum Gasteiger partial charge on any atom is 0.407 e. The van der Waals surface area contributed by atoms with Crippen LogP contribution in [0.3, 0.4) is 0 Å². The Morgan fingerprint density at radius 3 is 2.20 bits per heavy atom. The summed E-state index contributed by atoms with van der Waals surface area (Å²) in [7, 11) is 0. The molecular formula is C24H24N2O4. The predicted octanol–water partition coefficient (Wildman–Crippen LogP) is 4.45. The number of amides is 1. The number of nitriles is 1. The van der Waals surface area contributed by atoms with Crippen molar-refractivity contribution in [2.24, 2.45) is 5.41 Å². The first-order valence-electron chi connectivity index (χ1n) is 10.3. The number of ether oxygens (including phenoxy) is 1. The highest BCUT2D eigenvalue weighted by molar-refractivity contribution is 5.81. The minimum atomic E-state index is -1.15. The van der Waals surface area contributed by atoms with E-state index in [9.17, 15) is 20.0 Å². The third-order valence-corrected chi connectivity index (χ3v) is 6.33. The van der Waals surface area contributed by atoms with Gasteiger partial charge >= 0.3 is 12.1 Å². The molecule has 2 aliphatic rings. The second kappa shape index (κ2) is 8.19. The molecule has 0 aromatic heterocycles. The van der Waals surface area contributed by atoms with E-state index in [0.29, 0.717) is 12.8 Å². The first-order chi connectivity index (χ1) is 14.5. The van der Waals surface area contributed by atoms with Gasteiger partial charge in [0.15, 0.2) is 0 Å². The van der Waals surface area contributed by atoms with Gasteiger partial charge in [0.1, 0.15) is 12.6 Å². The van der Waals surface area contributed by atoms with E-state index in [4.69, 9.17) is 4.74 Å². The molecule has 0 aliphatic heterocycles. The standard InChI is InChI=1S/C24H24N2O4/c25-15-24(11-5-6-12-24)13-21(22(27)28)26-23(29)30-14-20-18-9-3-1-7-16(18)17-8-2-4-10-19(17)20/h1-4,7-10,20-21H,5-6,11-14H2,(H,26,29)(H,27,28). The van der Waals surface area contributed by atoms with Gasteiger partial charge in [0, 0.05) is 5.92 Å². The van der Waals surface area contributed by atoms with E-state index < -0.39 is 23.5 Å². The highest BCUT2D eigenvalue weighted by Crippen LogP contribution is 2.44. The molecule has 2 aromatic carbocycles. The van der Waals surface area contributed by atoms with Crippen molar-refractivity contribution in [3.63, 3.8) is 0 Å². The first-order valence-corrected chi connectivity index (χ1v) is 10.3. The summed E-state index contributed by atoms with van der Waals surface area (Å²) in [6.45, 7) is 0.121. The Balaban J connectivity index is 1.43. The molecule has 0 radical (unpaired) electrons. The topological polar surface area (TPSA) is 99.4 Å². The lowest BCUT2D eigenvalue weighted by molar-refractivity contribution is -0.140. The number of rotatable bonds is 6. The third kappa shape index (κ3) is 3.76. The Hall–Kier alpha value is -3.33. The van der Waals surface area contributed by atoms with Crippen molar-refractivity contribution in [3.05, 3.63) is 59.7 Å². The number of hydrogen-bond donors (Lipinski definition) is 2. The van der Waals surface area contributed by atoms with E-state index >= 15 is 0 Å². The predicted molar refractivity (Wildman–Crippen MR) is 111 cm³/mol. The van der Waals surface area contributed by atoms with Gasteiger partial charge in [0.25, 0.3) is 0 Å². The summed E-state index contributed by atoms with van der Waals surface area (Å²) in [4.78, 5) is 24.1. The molecule has 0 saturated heterocycles. The van der Waals surface area contributed by atoms with Gasteiger partial charge in [-0.2, -0.15) is 5.26 Å². The van der Waals surface area contributed by atoms with Crippen LogP contribution in [0.5, 0.6) is 0 Å². The summed E-state index contributed by atoms with van der Waals surface area (Å²) in [5, 5.41) is 21.5. The van der Waals surface area contributed by atoms with Crippen molar-refractivity contribution in [1.82, 2.24) is 5.32 Å². The largest absolute Gasteiger partial charge is 0.480 e. The quantitative estimate of drug-likeness (QED) is 0.741. The molecule has 1 fully saturated rings. The summed E-state index contributed by atoms with van der Waals surface area (Å²) in [5.41, 5.74) is 3.76. The zero-order chi connectivity index (χ0) is 21.1. The lowest BCUT2D eigenvalue weighted by Crippen LogP contribution is -2.44. The van der Waals surface area contributed by atoms with Gasteiger partial charge in [-0.1, -0.05) is 61.4 Å². The van der Waals surface area contributed by atoms with Crippen LogP contribution >= 0.6 is 0 Å². The molecule has 2 aliphatic carbocycles. The van der Waals surface area contributed by atoms with Crippen molar-refractivity contribution in [3.8, 4) is 17.2 Å².